The molecule has 0 aliphatic carbocycles. The summed E-state index contributed by atoms with van der Waals surface area (Å²) in [5, 5.41) is 11.9. The summed E-state index contributed by atoms with van der Waals surface area (Å²) in [6.45, 7) is 1.67. The lowest BCUT2D eigenvalue weighted by Crippen LogP contribution is -2.26. The van der Waals surface area contributed by atoms with Crippen molar-refractivity contribution in [2.45, 2.75) is 17.1 Å². The molecule has 0 spiro atoms. The lowest BCUT2D eigenvalue weighted by Gasteiger charge is -2.19. The van der Waals surface area contributed by atoms with Gasteiger partial charge in [0.15, 0.2) is 11.5 Å². The van der Waals surface area contributed by atoms with Crippen molar-refractivity contribution in [3.8, 4) is 17.6 Å². The number of fused-ring (bicyclic) bond motifs is 1. The summed E-state index contributed by atoms with van der Waals surface area (Å²) < 4.78 is 11.2. The zero-order valence-electron chi connectivity index (χ0n) is 17.0. The minimum absolute atomic E-state index is 0.0829. The number of nitriles is 1. The molecule has 0 bridgehead atoms. The van der Waals surface area contributed by atoms with E-state index in [1.807, 2.05) is 66.7 Å². The topological polar surface area (TPSA) is 71.4 Å². The minimum Gasteiger partial charge on any atom is -0.486 e. The first-order chi connectivity index (χ1) is 15.2. The van der Waals surface area contributed by atoms with Crippen LogP contribution in [0.2, 0.25) is 0 Å². The molecule has 0 saturated carbocycles. The Bertz CT molecular complexity index is 1110. The molecule has 0 radical (unpaired) electrons. The molecule has 3 aromatic rings. The second-order valence-corrected chi connectivity index (χ2v) is 8.09. The van der Waals surface area contributed by atoms with Gasteiger partial charge in [-0.1, -0.05) is 30.3 Å². The van der Waals surface area contributed by atoms with E-state index in [0.29, 0.717) is 37.3 Å². The molecule has 0 atom stereocenters. The van der Waals surface area contributed by atoms with E-state index < -0.39 is 0 Å². The van der Waals surface area contributed by atoms with Crippen molar-refractivity contribution in [1.29, 1.82) is 5.26 Å². The molecule has 0 saturated heterocycles. The first-order valence-corrected chi connectivity index (χ1v) is 11.1. The van der Waals surface area contributed by atoms with E-state index in [1.165, 1.54) is 0 Å². The molecule has 156 valence electrons. The number of nitrogens with one attached hydrogen (secondary N) is 1. The van der Waals surface area contributed by atoms with Crippen molar-refractivity contribution in [2.24, 2.45) is 0 Å². The second-order valence-electron chi connectivity index (χ2n) is 7.08. The molecule has 4 rings (SSSR count). The molecule has 1 N–H and O–H groups in total. The third-order valence-electron chi connectivity index (χ3n) is 4.91. The number of carbonyl (C=O) groups is 1. The van der Waals surface area contributed by atoms with Gasteiger partial charge in [0.25, 0.3) is 5.91 Å². The van der Waals surface area contributed by atoms with E-state index >= 15 is 0 Å². The molecule has 1 aliphatic heterocycles. The number of carbonyl (C=O) groups excluding carboxylic acids is 1. The normalized spacial score (nSPS) is 12.1. The number of hydrogen-bond acceptors (Lipinski definition) is 5. The lowest BCUT2D eigenvalue weighted by molar-refractivity contribution is 0.0951. The van der Waals surface area contributed by atoms with E-state index in [9.17, 15) is 4.79 Å². The highest BCUT2D eigenvalue weighted by Gasteiger charge is 2.13. The number of hydrogen-bond donors (Lipinski definition) is 1. The van der Waals surface area contributed by atoms with Crippen molar-refractivity contribution < 1.29 is 14.3 Å². The van der Waals surface area contributed by atoms with Crippen molar-refractivity contribution in [1.82, 2.24) is 5.32 Å². The van der Waals surface area contributed by atoms with E-state index in [-0.39, 0.29) is 5.91 Å². The number of nitrogens with zero attached hydrogens (tertiary/aromatic N) is 1. The maximum Gasteiger partial charge on any atom is 0.252 e. The van der Waals surface area contributed by atoms with Crippen LogP contribution in [-0.4, -0.2) is 25.7 Å². The predicted molar refractivity (Wildman–Crippen MR) is 121 cm³/mol. The van der Waals surface area contributed by atoms with Gasteiger partial charge < -0.3 is 14.8 Å². The Morgan fingerprint density at radius 2 is 1.71 bits per heavy atom. The molecule has 6 heteroatoms. The maximum absolute atomic E-state index is 12.8. The number of benzene rings is 3. The van der Waals surface area contributed by atoms with Crippen LogP contribution in [0.3, 0.4) is 0 Å². The quantitative estimate of drug-likeness (QED) is 0.555. The highest BCUT2D eigenvalue weighted by atomic mass is 32.2. The van der Waals surface area contributed by atoms with Crippen LogP contribution in [0, 0.1) is 11.3 Å². The summed E-state index contributed by atoms with van der Waals surface area (Å²) in [5.41, 5.74) is 3.51. The van der Waals surface area contributed by atoms with Crippen LogP contribution < -0.4 is 14.8 Å². The van der Waals surface area contributed by atoms with E-state index in [4.69, 9.17) is 14.7 Å². The first kappa shape index (κ1) is 20.8. The highest BCUT2D eigenvalue weighted by Crippen LogP contribution is 2.31. The number of thioether (sulfide) groups is 1. The summed E-state index contributed by atoms with van der Waals surface area (Å²) in [6.07, 6.45) is 0.711. The molecule has 0 unspecified atom stereocenters. The Kier molecular flexibility index (Phi) is 6.75. The van der Waals surface area contributed by atoms with Crippen LogP contribution in [0.15, 0.2) is 71.6 Å². The molecule has 0 fully saturated rings. The van der Waals surface area contributed by atoms with Gasteiger partial charge in [-0.25, -0.2) is 0 Å². The van der Waals surface area contributed by atoms with E-state index in [0.717, 1.165) is 33.3 Å². The SMILES string of the molecule is N#Cc1ccc(CSc2ccccc2C(=O)NCCc2ccc3c(c2)OCCO3)cc1. The number of amides is 1. The van der Waals surface area contributed by atoms with Crippen LogP contribution >= 0.6 is 11.8 Å². The van der Waals surface area contributed by atoms with Gasteiger partial charge in [-0.05, 0) is 53.9 Å². The lowest BCUT2D eigenvalue weighted by atomic mass is 10.1. The summed E-state index contributed by atoms with van der Waals surface area (Å²) >= 11 is 1.61. The van der Waals surface area contributed by atoms with Gasteiger partial charge in [0.2, 0.25) is 0 Å². The average Bonchev–Trinajstić information content (AvgIpc) is 2.83. The summed E-state index contributed by atoms with van der Waals surface area (Å²) in [4.78, 5) is 13.7. The molecular weight excluding hydrogens is 408 g/mol. The molecule has 1 heterocycles. The number of ether oxygens (including phenoxy) is 2. The third kappa shape index (κ3) is 5.39. The Hall–Kier alpha value is -3.43. The van der Waals surface area contributed by atoms with Crippen LogP contribution in [-0.2, 0) is 12.2 Å². The standard InChI is InChI=1S/C25H22N2O3S/c26-16-19-5-7-20(8-6-19)17-31-24-4-2-1-3-21(24)25(28)27-12-11-18-9-10-22-23(15-18)30-14-13-29-22/h1-10,15H,11-14,17H2,(H,27,28). The van der Waals surface area contributed by atoms with Gasteiger partial charge in [0.05, 0.1) is 17.2 Å². The van der Waals surface area contributed by atoms with Crippen LogP contribution in [0.4, 0.5) is 0 Å². The fourth-order valence-corrected chi connectivity index (χ4v) is 4.28. The molecule has 31 heavy (non-hydrogen) atoms. The molecule has 5 nitrogen and oxygen atoms in total. The van der Waals surface area contributed by atoms with Gasteiger partial charge in [-0.15, -0.1) is 11.8 Å². The van der Waals surface area contributed by atoms with Gasteiger partial charge >= 0.3 is 0 Å². The average molecular weight is 431 g/mol. The summed E-state index contributed by atoms with van der Waals surface area (Å²) in [5.74, 6) is 2.18. The molecule has 3 aromatic carbocycles. The monoisotopic (exact) mass is 430 g/mol. The highest BCUT2D eigenvalue weighted by molar-refractivity contribution is 7.98. The minimum atomic E-state index is -0.0829. The smallest absolute Gasteiger partial charge is 0.252 e. The van der Waals surface area contributed by atoms with Gasteiger partial charge in [0, 0.05) is 17.2 Å². The zero-order valence-corrected chi connectivity index (χ0v) is 17.8. The summed E-state index contributed by atoms with van der Waals surface area (Å²) in [6, 6.07) is 23.2. The Morgan fingerprint density at radius 1 is 0.968 bits per heavy atom. The predicted octanol–water partition coefficient (Wildman–Crippen LogP) is 4.59. The molecular formula is C25H22N2O3S. The van der Waals surface area contributed by atoms with Crippen LogP contribution in [0.5, 0.6) is 11.5 Å². The Balaban J connectivity index is 1.33. The maximum atomic E-state index is 12.8. The van der Waals surface area contributed by atoms with Gasteiger partial charge in [0.1, 0.15) is 13.2 Å². The fourth-order valence-electron chi connectivity index (χ4n) is 3.28. The van der Waals surface area contributed by atoms with Crippen molar-refractivity contribution in [3.05, 3.63) is 89.0 Å². The van der Waals surface area contributed by atoms with Crippen molar-refractivity contribution in [3.63, 3.8) is 0 Å². The Labute approximate surface area is 186 Å². The van der Waals surface area contributed by atoms with Crippen LogP contribution in [0.1, 0.15) is 27.0 Å². The van der Waals surface area contributed by atoms with Gasteiger partial charge in [-0.3, -0.25) is 4.79 Å². The van der Waals surface area contributed by atoms with Gasteiger partial charge in [-0.2, -0.15) is 5.26 Å². The fraction of sp³-hybridized carbons (Fsp3) is 0.200. The van der Waals surface area contributed by atoms with Crippen molar-refractivity contribution >= 4 is 17.7 Å². The molecule has 1 aliphatic rings. The Morgan fingerprint density at radius 3 is 2.52 bits per heavy atom. The van der Waals surface area contributed by atoms with E-state index in [1.54, 1.807) is 11.8 Å². The van der Waals surface area contributed by atoms with Crippen molar-refractivity contribution in [2.75, 3.05) is 19.8 Å². The second kappa shape index (κ2) is 10.1. The van der Waals surface area contributed by atoms with E-state index in [2.05, 4.69) is 11.4 Å². The summed E-state index contributed by atoms with van der Waals surface area (Å²) in [7, 11) is 0. The number of rotatable bonds is 7. The zero-order chi connectivity index (χ0) is 21.5. The first-order valence-electron chi connectivity index (χ1n) is 10.1. The molecule has 1 amide bonds. The third-order valence-corrected chi connectivity index (χ3v) is 6.06. The van der Waals surface area contributed by atoms with Crippen LogP contribution in [0.25, 0.3) is 0 Å². The molecule has 0 aromatic heterocycles. The largest absolute Gasteiger partial charge is 0.486 e.